The summed E-state index contributed by atoms with van der Waals surface area (Å²) in [6.07, 6.45) is 3.62. The highest BCUT2D eigenvalue weighted by Gasteiger charge is 2.27. The monoisotopic (exact) mass is 369 g/mol. The van der Waals surface area contributed by atoms with Crippen molar-refractivity contribution in [2.24, 2.45) is 0 Å². The molecule has 0 bridgehead atoms. The number of hydrogen-bond donors (Lipinski definition) is 2. The van der Waals surface area contributed by atoms with Gasteiger partial charge in [0.2, 0.25) is 0 Å². The van der Waals surface area contributed by atoms with E-state index in [4.69, 9.17) is 0 Å². The van der Waals surface area contributed by atoms with Crippen LogP contribution in [0.1, 0.15) is 46.1 Å². The summed E-state index contributed by atoms with van der Waals surface area (Å²) in [4.78, 5) is 31.9. The lowest BCUT2D eigenvalue weighted by Gasteiger charge is -2.17. The second-order valence-corrected chi connectivity index (χ2v) is 7.07. The Kier molecular flexibility index (Phi) is 6.24. The molecule has 1 aromatic heterocycles. The third kappa shape index (κ3) is 4.74. The molecule has 27 heavy (non-hydrogen) atoms. The maximum absolute atomic E-state index is 12.7. The lowest BCUT2D eigenvalue weighted by Crippen LogP contribution is -2.30. The summed E-state index contributed by atoms with van der Waals surface area (Å²) in [7, 11) is 4.01. The summed E-state index contributed by atoms with van der Waals surface area (Å²) in [6, 6.07) is 9.29. The van der Waals surface area contributed by atoms with Gasteiger partial charge in [-0.15, -0.1) is 0 Å². The minimum atomic E-state index is -0.265. The van der Waals surface area contributed by atoms with Gasteiger partial charge in [-0.25, -0.2) is 4.98 Å². The van der Waals surface area contributed by atoms with Crippen LogP contribution in [0.2, 0.25) is 0 Å². The van der Waals surface area contributed by atoms with Gasteiger partial charge in [0.05, 0.1) is 5.69 Å². The molecule has 0 saturated heterocycles. The van der Waals surface area contributed by atoms with E-state index >= 15 is 0 Å². The normalized spacial score (nSPS) is 13.3. The number of imidazole rings is 1. The zero-order chi connectivity index (χ0) is 19.2. The number of aromatic nitrogens is 2. The maximum Gasteiger partial charge on any atom is 0.287 e. The largest absolute Gasteiger partial charge is 0.349 e. The van der Waals surface area contributed by atoms with Gasteiger partial charge in [0, 0.05) is 18.8 Å². The van der Waals surface area contributed by atoms with E-state index in [-0.39, 0.29) is 11.8 Å². The van der Waals surface area contributed by atoms with Crippen LogP contribution in [0.3, 0.4) is 0 Å². The van der Waals surface area contributed by atoms with Crippen molar-refractivity contribution in [3.63, 3.8) is 0 Å². The van der Waals surface area contributed by atoms with Gasteiger partial charge in [-0.3, -0.25) is 9.59 Å². The number of carbonyl (C=O) groups excluding carboxylic acids is 2. The summed E-state index contributed by atoms with van der Waals surface area (Å²) in [5, 5.41) is 5.80. The van der Waals surface area contributed by atoms with Crippen LogP contribution in [0.15, 0.2) is 30.3 Å². The van der Waals surface area contributed by atoms with Crippen molar-refractivity contribution in [3.8, 4) is 0 Å². The number of benzene rings is 1. The molecule has 1 aliphatic heterocycles. The van der Waals surface area contributed by atoms with Gasteiger partial charge in [-0.05, 0) is 58.5 Å². The fraction of sp³-hybridized carbons (Fsp3) is 0.450. The Labute approximate surface area is 159 Å². The number of fused-ring (bicyclic) bond motifs is 1. The van der Waals surface area contributed by atoms with Gasteiger partial charge >= 0.3 is 0 Å². The fourth-order valence-corrected chi connectivity index (χ4v) is 3.29. The highest BCUT2D eigenvalue weighted by molar-refractivity contribution is 6.05. The summed E-state index contributed by atoms with van der Waals surface area (Å²) < 4.78 is 1.91. The van der Waals surface area contributed by atoms with Crippen LogP contribution in [0.5, 0.6) is 0 Å². The number of rotatable bonds is 7. The molecule has 1 aliphatic rings. The predicted molar refractivity (Wildman–Crippen MR) is 105 cm³/mol. The van der Waals surface area contributed by atoms with Crippen LogP contribution in [0.4, 0.5) is 5.69 Å². The lowest BCUT2D eigenvalue weighted by molar-refractivity contribution is 0.0936. The minimum Gasteiger partial charge on any atom is -0.349 e. The molecule has 0 spiro atoms. The average molecular weight is 369 g/mol. The molecule has 7 heteroatoms. The van der Waals surface area contributed by atoms with Crippen LogP contribution in [-0.4, -0.2) is 53.5 Å². The number of anilines is 1. The third-order valence-corrected chi connectivity index (χ3v) is 4.64. The maximum atomic E-state index is 12.7. The summed E-state index contributed by atoms with van der Waals surface area (Å²) in [5.41, 5.74) is 1.93. The topological polar surface area (TPSA) is 79.3 Å². The molecule has 7 nitrogen and oxygen atoms in total. The highest BCUT2D eigenvalue weighted by atomic mass is 16.2. The third-order valence-electron chi connectivity index (χ3n) is 4.64. The lowest BCUT2D eigenvalue weighted by atomic mass is 10.1. The molecule has 144 valence electrons. The number of nitrogens with zero attached hydrogens (tertiary/aromatic N) is 3. The number of carbonyl (C=O) groups is 2. The fourth-order valence-electron chi connectivity index (χ4n) is 3.29. The smallest absolute Gasteiger partial charge is 0.287 e. The Hall–Kier alpha value is -2.67. The van der Waals surface area contributed by atoms with Crippen LogP contribution in [0, 0.1) is 0 Å². The van der Waals surface area contributed by atoms with Gasteiger partial charge in [0.1, 0.15) is 0 Å². The Morgan fingerprint density at radius 3 is 2.67 bits per heavy atom. The van der Waals surface area contributed by atoms with Gasteiger partial charge in [0.25, 0.3) is 11.8 Å². The SMILES string of the molecule is CN(C)CCCNC(=O)c1nc(C(=O)Nc2ccccc2)c2n1CCCC2. The molecule has 2 N–H and O–H groups in total. The van der Waals surface area contributed by atoms with Gasteiger partial charge in [-0.2, -0.15) is 0 Å². The highest BCUT2D eigenvalue weighted by Crippen LogP contribution is 2.22. The van der Waals surface area contributed by atoms with Crippen molar-refractivity contribution in [1.82, 2.24) is 19.8 Å². The predicted octanol–water partition coefficient (Wildman–Crippen LogP) is 2.15. The summed E-state index contributed by atoms with van der Waals surface area (Å²) >= 11 is 0. The van der Waals surface area contributed by atoms with Crippen LogP contribution >= 0.6 is 0 Å². The van der Waals surface area contributed by atoms with Crippen molar-refractivity contribution in [3.05, 3.63) is 47.5 Å². The molecular weight excluding hydrogens is 342 g/mol. The quantitative estimate of drug-likeness (QED) is 0.733. The van der Waals surface area contributed by atoms with Crippen LogP contribution in [-0.2, 0) is 13.0 Å². The molecule has 0 fully saturated rings. The second kappa shape index (κ2) is 8.81. The summed E-state index contributed by atoms with van der Waals surface area (Å²) in [5.74, 6) is -0.137. The molecule has 2 heterocycles. The average Bonchev–Trinajstić information content (AvgIpc) is 3.06. The van der Waals surface area contributed by atoms with Gasteiger partial charge in [0.15, 0.2) is 11.5 Å². The van der Waals surface area contributed by atoms with E-state index in [0.717, 1.165) is 50.2 Å². The molecular formula is C20H27N5O2. The molecule has 0 saturated carbocycles. The molecule has 3 rings (SSSR count). The second-order valence-electron chi connectivity index (χ2n) is 7.07. The van der Waals surface area contributed by atoms with Gasteiger partial charge < -0.3 is 20.1 Å². The Morgan fingerprint density at radius 1 is 1.15 bits per heavy atom. The first-order valence-corrected chi connectivity index (χ1v) is 9.45. The first kappa shape index (κ1) is 19.1. The Balaban J connectivity index is 1.75. The van der Waals surface area contributed by atoms with E-state index in [9.17, 15) is 9.59 Å². The van der Waals surface area contributed by atoms with Crippen molar-refractivity contribution in [1.29, 1.82) is 0 Å². The van der Waals surface area contributed by atoms with Crippen LogP contribution in [0.25, 0.3) is 0 Å². The molecule has 1 aromatic carbocycles. The van der Waals surface area contributed by atoms with E-state index in [1.165, 1.54) is 0 Å². The zero-order valence-electron chi connectivity index (χ0n) is 16.0. The molecule has 0 radical (unpaired) electrons. The van der Waals surface area contributed by atoms with Crippen molar-refractivity contribution >= 4 is 17.5 Å². The molecule has 2 amide bonds. The minimum absolute atomic E-state index is 0.212. The van der Waals surface area contributed by atoms with Crippen LogP contribution < -0.4 is 10.6 Å². The number of hydrogen-bond acceptors (Lipinski definition) is 4. The molecule has 0 unspecified atom stereocenters. The van der Waals surface area contributed by atoms with E-state index in [1.54, 1.807) is 0 Å². The molecule has 0 atom stereocenters. The number of nitrogens with one attached hydrogen (secondary N) is 2. The standard InChI is InChI=1S/C20H27N5O2/c1-24(2)13-8-12-21-20(27)18-23-17(16-11-6-7-14-25(16)18)19(26)22-15-9-4-3-5-10-15/h3-5,9-10H,6-8,11-14H2,1-2H3,(H,21,27)(H,22,26). The van der Waals surface area contributed by atoms with E-state index in [1.807, 2.05) is 49.0 Å². The van der Waals surface area contributed by atoms with Gasteiger partial charge in [-0.1, -0.05) is 18.2 Å². The first-order valence-electron chi connectivity index (χ1n) is 9.45. The van der Waals surface area contributed by atoms with Crippen molar-refractivity contribution in [2.75, 3.05) is 32.5 Å². The Bertz CT molecular complexity index is 798. The van der Waals surface area contributed by atoms with E-state index in [0.29, 0.717) is 18.1 Å². The molecule has 0 aliphatic carbocycles. The van der Waals surface area contributed by atoms with Crippen molar-refractivity contribution < 1.29 is 9.59 Å². The first-order chi connectivity index (χ1) is 13.1. The van der Waals surface area contributed by atoms with E-state index < -0.39 is 0 Å². The number of para-hydroxylation sites is 1. The zero-order valence-corrected chi connectivity index (χ0v) is 16.0. The number of amides is 2. The Morgan fingerprint density at radius 2 is 1.93 bits per heavy atom. The molecule has 2 aromatic rings. The van der Waals surface area contributed by atoms with E-state index in [2.05, 4.69) is 20.5 Å². The summed E-state index contributed by atoms with van der Waals surface area (Å²) in [6.45, 7) is 2.22. The van der Waals surface area contributed by atoms with Crippen molar-refractivity contribution in [2.45, 2.75) is 32.2 Å².